The monoisotopic (exact) mass is 1090 g/mol. The van der Waals surface area contributed by atoms with Gasteiger partial charge in [-0.2, -0.15) is 0 Å². The summed E-state index contributed by atoms with van der Waals surface area (Å²) in [5.74, 6) is -0.992. The van der Waals surface area contributed by atoms with Crippen molar-refractivity contribution < 1.29 is 28.6 Å². The van der Waals surface area contributed by atoms with Gasteiger partial charge in [0.2, 0.25) is 0 Å². The number of esters is 3. The van der Waals surface area contributed by atoms with Crippen LogP contribution in [0.3, 0.4) is 0 Å². The molecule has 79 heavy (non-hydrogen) atoms. The van der Waals surface area contributed by atoms with Gasteiger partial charge in [-0.25, -0.2) is 0 Å². The van der Waals surface area contributed by atoms with Gasteiger partial charge in [0, 0.05) is 19.3 Å². The molecule has 444 valence electrons. The lowest BCUT2D eigenvalue weighted by Gasteiger charge is -2.18. The second-order valence-electron chi connectivity index (χ2n) is 20.5. The van der Waals surface area contributed by atoms with E-state index in [0.29, 0.717) is 19.3 Å². The van der Waals surface area contributed by atoms with Gasteiger partial charge < -0.3 is 14.2 Å². The van der Waals surface area contributed by atoms with Crippen LogP contribution in [-0.4, -0.2) is 37.2 Å². The van der Waals surface area contributed by atoms with Crippen molar-refractivity contribution in [2.24, 2.45) is 0 Å². The third-order valence-electron chi connectivity index (χ3n) is 13.0. The molecule has 1 unspecified atom stereocenters. The maximum atomic E-state index is 12.9. The van der Waals surface area contributed by atoms with Crippen LogP contribution >= 0.6 is 0 Å². The topological polar surface area (TPSA) is 78.9 Å². The number of carbonyl (C=O) groups is 3. The standard InChI is InChI=1S/C73H116O6/c1-4-7-10-13-16-19-22-25-28-30-31-32-33-34-35-36-37-38-39-40-41-43-45-48-51-54-57-60-63-66-72(75)78-69-70(68-77-71(74)65-62-59-56-53-50-47-44-27-24-21-18-15-12-9-6-3)79-73(76)67-64-61-58-55-52-49-46-42-29-26-23-20-17-14-11-8-5-2/h7-12,16-21,25-29,31-32,34-35,44,46,49,55,58,70H,4-6,13-15,22-24,30,33,36-43,45,47-48,50-54,56-57,59-69H2,1-3H3/b10-7-,11-8-,12-9-,19-16-,20-17-,21-18-,28-25-,29-26-,32-31-,35-34-,44-27-,49-46-,58-55-. The molecular weight excluding hydrogens is 973 g/mol. The number of ether oxygens (including phenoxy) is 3. The van der Waals surface area contributed by atoms with Gasteiger partial charge in [-0.05, 0) is 135 Å². The molecular formula is C73H116O6. The van der Waals surface area contributed by atoms with Gasteiger partial charge in [-0.3, -0.25) is 14.4 Å². The SMILES string of the molecule is CC/C=C\C/C=C\C/C=C\C/C=C\C/C=C\CCCCCCCCCCCCCCCC(=O)OCC(COC(=O)CCCCCCC/C=C\C/C=C\C/C=C\CC)OC(=O)CCC/C=C\C/C=C\C/C=C\C/C=C\C/C=C\CC. The number of rotatable bonds is 56. The highest BCUT2D eigenvalue weighted by Gasteiger charge is 2.19. The Morgan fingerprint density at radius 2 is 0.468 bits per heavy atom. The summed E-state index contributed by atoms with van der Waals surface area (Å²) in [7, 11) is 0. The first-order chi connectivity index (χ1) is 39.0. The molecule has 1 atom stereocenters. The fraction of sp³-hybridized carbons (Fsp3) is 0.603. The summed E-state index contributed by atoms with van der Waals surface area (Å²) < 4.78 is 16.8. The van der Waals surface area contributed by atoms with E-state index in [-0.39, 0.29) is 37.5 Å². The van der Waals surface area contributed by atoms with Crippen LogP contribution in [0.15, 0.2) is 158 Å². The van der Waals surface area contributed by atoms with Gasteiger partial charge in [-0.15, -0.1) is 0 Å². The number of carbonyl (C=O) groups excluding carboxylic acids is 3. The molecule has 0 heterocycles. The summed E-state index contributed by atoms with van der Waals surface area (Å²) in [5, 5.41) is 0. The van der Waals surface area contributed by atoms with Gasteiger partial charge in [0.25, 0.3) is 0 Å². The molecule has 0 N–H and O–H groups in total. The van der Waals surface area contributed by atoms with Gasteiger partial charge in [-0.1, -0.05) is 269 Å². The second-order valence-corrected chi connectivity index (χ2v) is 20.5. The largest absolute Gasteiger partial charge is 0.462 e. The van der Waals surface area contributed by atoms with Crippen molar-refractivity contribution in [2.45, 2.75) is 271 Å². The number of hydrogen-bond donors (Lipinski definition) is 0. The van der Waals surface area contributed by atoms with Crippen molar-refractivity contribution in [1.82, 2.24) is 0 Å². The minimum absolute atomic E-state index is 0.112. The Morgan fingerprint density at radius 1 is 0.253 bits per heavy atom. The third kappa shape index (κ3) is 63.7. The van der Waals surface area contributed by atoms with Crippen LogP contribution in [-0.2, 0) is 28.6 Å². The average molecular weight is 1090 g/mol. The van der Waals surface area contributed by atoms with Crippen molar-refractivity contribution in [2.75, 3.05) is 13.2 Å². The lowest BCUT2D eigenvalue weighted by atomic mass is 10.0. The molecule has 0 amide bonds. The first-order valence-electron chi connectivity index (χ1n) is 32.0. The third-order valence-corrected chi connectivity index (χ3v) is 13.0. The van der Waals surface area contributed by atoms with Gasteiger partial charge >= 0.3 is 17.9 Å². The van der Waals surface area contributed by atoms with Crippen LogP contribution in [0.1, 0.15) is 265 Å². The zero-order valence-electron chi connectivity index (χ0n) is 50.8. The average Bonchev–Trinajstić information content (AvgIpc) is 3.45. The molecule has 0 aliphatic rings. The summed E-state index contributed by atoms with van der Waals surface area (Å²) in [5.41, 5.74) is 0. The lowest BCUT2D eigenvalue weighted by molar-refractivity contribution is -0.167. The van der Waals surface area contributed by atoms with E-state index in [1.807, 2.05) is 0 Å². The Bertz CT molecular complexity index is 1780. The summed E-state index contributed by atoms with van der Waals surface area (Å²) in [4.78, 5) is 38.3. The minimum Gasteiger partial charge on any atom is -0.462 e. The van der Waals surface area contributed by atoms with Crippen LogP contribution in [0.4, 0.5) is 0 Å². The molecule has 0 fully saturated rings. The van der Waals surface area contributed by atoms with Gasteiger partial charge in [0.1, 0.15) is 13.2 Å². The Balaban J connectivity index is 4.38. The molecule has 0 aliphatic carbocycles. The molecule has 0 aromatic carbocycles. The number of hydrogen-bond acceptors (Lipinski definition) is 6. The molecule has 0 aromatic rings. The summed E-state index contributed by atoms with van der Waals surface area (Å²) in [6.45, 7) is 6.24. The Hall–Kier alpha value is -4.97. The molecule has 0 bridgehead atoms. The van der Waals surface area contributed by atoms with E-state index in [1.165, 1.54) is 70.6 Å². The summed E-state index contributed by atoms with van der Waals surface area (Å²) >= 11 is 0. The molecule has 0 aliphatic heterocycles. The number of unbranched alkanes of at least 4 members (excludes halogenated alkanes) is 19. The second kappa shape index (κ2) is 65.5. The van der Waals surface area contributed by atoms with E-state index in [2.05, 4.69) is 179 Å². The fourth-order valence-electron chi connectivity index (χ4n) is 8.34. The lowest BCUT2D eigenvalue weighted by Crippen LogP contribution is -2.30. The van der Waals surface area contributed by atoms with Crippen molar-refractivity contribution in [3.63, 3.8) is 0 Å². The number of allylic oxidation sites excluding steroid dienone is 26. The Morgan fingerprint density at radius 3 is 0.747 bits per heavy atom. The predicted octanol–water partition coefficient (Wildman–Crippen LogP) is 22.1. The van der Waals surface area contributed by atoms with Crippen LogP contribution < -0.4 is 0 Å². The van der Waals surface area contributed by atoms with E-state index >= 15 is 0 Å². The van der Waals surface area contributed by atoms with Crippen molar-refractivity contribution >= 4 is 17.9 Å². The quantitative estimate of drug-likeness (QED) is 0.0261. The van der Waals surface area contributed by atoms with Gasteiger partial charge in [0.05, 0.1) is 0 Å². The first kappa shape index (κ1) is 74.0. The van der Waals surface area contributed by atoms with Crippen molar-refractivity contribution in [1.29, 1.82) is 0 Å². The molecule has 0 rings (SSSR count). The normalized spacial score (nSPS) is 13.2. The molecule has 0 aromatic heterocycles. The summed E-state index contributed by atoms with van der Waals surface area (Å²) in [6.07, 6.45) is 95.5. The minimum atomic E-state index is -0.823. The maximum absolute atomic E-state index is 12.9. The van der Waals surface area contributed by atoms with Crippen molar-refractivity contribution in [3.8, 4) is 0 Å². The van der Waals surface area contributed by atoms with Crippen LogP contribution in [0.5, 0.6) is 0 Å². The molecule has 0 saturated heterocycles. The first-order valence-corrected chi connectivity index (χ1v) is 32.0. The van der Waals surface area contributed by atoms with E-state index in [1.54, 1.807) is 0 Å². The van der Waals surface area contributed by atoms with E-state index in [4.69, 9.17) is 14.2 Å². The van der Waals surface area contributed by atoms with Crippen LogP contribution in [0, 0.1) is 0 Å². The Labute approximate surface area is 486 Å². The van der Waals surface area contributed by atoms with Crippen molar-refractivity contribution in [3.05, 3.63) is 158 Å². The van der Waals surface area contributed by atoms with Gasteiger partial charge in [0.15, 0.2) is 6.10 Å². The molecule has 6 heteroatoms. The van der Waals surface area contributed by atoms with Crippen LogP contribution in [0.2, 0.25) is 0 Å². The summed E-state index contributed by atoms with van der Waals surface area (Å²) in [6, 6.07) is 0. The van der Waals surface area contributed by atoms with E-state index in [0.717, 1.165) is 148 Å². The highest BCUT2D eigenvalue weighted by atomic mass is 16.6. The predicted molar refractivity (Wildman–Crippen MR) is 343 cm³/mol. The van der Waals surface area contributed by atoms with E-state index < -0.39 is 6.10 Å². The molecule has 0 spiro atoms. The molecule has 0 saturated carbocycles. The zero-order chi connectivity index (χ0) is 57.1. The van der Waals surface area contributed by atoms with Crippen LogP contribution in [0.25, 0.3) is 0 Å². The Kier molecular flexibility index (Phi) is 61.4. The van der Waals surface area contributed by atoms with E-state index in [9.17, 15) is 14.4 Å². The smallest absolute Gasteiger partial charge is 0.306 e. The maximum Gasteiger partial charge on any atom is 0.306 e. The fourth-order valence-corrected chi connectivity index (χ4v) is 8.34. The molecule has 6 nitrogen and oxygen atoms in total. The highest BCUT2D eigenvalue weighted by Crippen LogP contribution is 2.15. The highest BCUT2D eigenvalue weighted by molar-refractivity contribution is 5.71. The molecule has 0 radical (unpaired) electrons. The zero-order valence-corrected chi connectivity index (χ0v) is 50.8.